The number of hydrogen-bond acceptors (Lipinski definition) is 2. The molecule has 0 radical (unpaired) electrons. The normalized spacial score (nSPS) is 10.3. The van der Waals surface area contributed by atoms with E-state index < -0.39 is 0 Å². The van der Waals surface area contributed by atoms with Crippen LogP contribution in [-0.2, 0) is 0 Å². The molecule has 0 unspecified atom stereocenters. The van der Waals surface area contributed by atoms with Gasteiger partial charge in [0, 0.05) is 15.1 Å². The Balaban J connectivity index is 2.04. The van der Waals surface area contributed by atoms with E-state index in [0.29, 0.717) is 16.3 Å². The third kappa shape index (κ3) is 4.06. The zero-order valence-corrected chi connectivity index (χ0v) is 13.6. The van der Waals surface area contributed by atoms with Gasteiger partial charge in [0.05, 0.1) is 4.47 Å². The molecule has 2 aromatic carbocycles. The summed E-state index contributed by atoms with van der Waals surface area (Å²) >= 11 is 12.6. The molecule has 5 heteroatoms. The van der Waals surface area contributed by atoms with Crippen molar-refractivity contribution >= 4 is 49.2 Å². The van der Waals surface area contributed by atoms with Crippen molar-refractivity contribution in [2.45, 2.75) is 0 Å². The number of carbonyl (C=O) groups excluding carboxylic acids is 1. The summed E-state index contributed by atoms with van der Waals surface area (Å²) < 4.78 is 7.22. The number of rotatable bonds is 4. The molecule has 2 aromatic rings. The molecule has 0 aliphatic heterocycles. The Morgan fingerprint density at radius 2 is 1.95 bits per heavy atom. The Morgan fingerprint density at radius 1 is 1.16 bits per heavy atom. The Hall–Kier alpha value is -0.840. The summed E-state index contributed by atoms with van der Waals surface area (Å²) in [6.45, 7) is -0.0272. The Labute approximate surface area is 133 Å². The molecule has 0 fully saturated rings. The maximum absolute atomic E-state index is 11.9. The minimum atomic E-state index is -0.114. The molecular formula is C14H9Br2ClO2. The second-order valence-corrected chi connectivity index (χ2v) is 6.00. The quantitative estimate of drug-likeness (QED) is 0.661. The highest BCUT2D eigenvalue weighted by atomic mass is 79.9. The van der Waals surface area contributed by atoms with Crippen molar-refractivity contribution < 1.29 is 9.53 Å². The van der Waals surface area contributed by atoms with Crippen LogP contribution >= 0.6 is 43.5 Å². The van der Waals surface area contributed by atoms with E-state index in [1.807, 2.05) is 12.1 Å². The van der Waals surface area contributed by atoms with Crippen molar-refractivity contribution in [3.8, 4) is 5.75 Å². The minimum absolute atomic E-state index is 0.0272. The molecule has 2 nitrogen and oxygen atoms in total. The summed E-state index contributed by atoms with van der Waals surface area (Å²) in [4.78, 5) is 11.9. The summed E-state index contributed by atoms with van der Waals surface area (Å²) in [6, 6.07) is 12.3. The monoisotopic (exact) mass is 402 g/mol. The molecular weight excluding hydrogens is 395 g/mol. The van der Waals surface area contributed by atoms with Crippen LogP contribution in [0.4, 0.5) is 0 Å². The lowest BCUT2D eigenvalue weighted by atomic mass is 10.1. The fourth-order valence-corrected chi connectivity index (χ4v) is 2.83. The average molecular weight is 404 g/mol. The van der Waals surface area contributed by atoms with Crippen LogP contribution in [0.5, 0.6) is 5.75 Å². The largest absolute Gasteiger partial charge is 0.484 e. The highest BCUT2D eigenvalue weighted by molar-refractivity contribution is 9.11. The molecule has 0 saturated carbocycles. The Morgan fingerprint density at radius 3 is 2.63 bits per heavy atom. The second-order valence-electron chi connectivity index (χ2n) is 3.80. The van der Waals surface area contributed by atoms with Gasteiger partial charge in [-0.2, -0.15) is 0 Å². The maximum Gasteiger partial charge on any atom is 0.200 e. The average Bonchev–Trinajstić information content (AvgIpc) is 2.37. The molecule has 0 aliphatic carbocycles. The zero-order chi connectivity index (χ0) is 13.8. The van der Waals surface area contributed by atoms with Crippen molar-refractivity contribution in [3.05, 3.63) is 62.0 Å². The number of benzene rings is 2. The highest BCUT2D eigenvalue weighted by Crippen LogP contribution is 2.28. The first kappa shape index (κ1) is 14.6. The second kappa shape index (κ2) is 6.55. The molecule has 0 heterocycles. The fraction of sp³-hybridized carbons (Fsp3) is 0.0714. The van der Waals surface area contributed by atoms with Gasteiger partial charge < -0.3 is 4.74 Å². The number of Topliss-reactive ketones (excluding diaryl/α,β-unsaturated/α-hetero) is 1. The van der Waals surface area contributed by atoms with E-state index in [1.54, 1.807) is 30.3 Å². The van der Waals surface area contributed by atoms with Crippen molar-refractivity contribution in [1.82, 2.24) is 0 Å². The Kier molecular flexibility index (Phi) is 5.02. The van der Waals surface area contributed by atoms with Gasteiger partial charge in [0.25, 0.3) is 0 Å². The van der Waals surface area contributed by atoms with Gasteiger partial charge in [-0.1, -0.05) is 39.7 Å². The predicted molar refractivity (Wildman–Crippen MR) is 83.1 cm³/mol. The van der Waals surface area contributed by atoms with E-state index in [4.69, 9.17) is 16.3 Å². The van der Waals surface area contributed by atoms with Gasteiger partial charge in [0.2, 0.25) is 0 Å². The van der Waals surface area contributed by atoms with Gasteiger partial charge in [-0.05, 0) is 46.3 Å². The molecule has 0 saturated heterocycles. The van der Waals surface area contributed by atoms with Crippen molar-refractivity contribution in [1.29, 1.82) is 0 Å². The van der Waals surface area contributed by atoms with Crippen molar-refractivity contribution in [3.63, 3.8) is 0 Å². The van der Waals surface area contributed by atoms with E-state index in [2.05, 4.69) is 31.9 Å². The van der Waals surface area contributed by atoms with E-state index in [9.17, 15) is 4.79 Å². The maximum atomic E-state index is 11.9. The van der Waals surface area contributed by atoms with E-state index >= 15 is 0 Å². The van der Waals surface area contributed by atoms with Gasteiger partial charge in [-0.3, -0.25) is 4.79 Å². The van der Waals surface area contributed by atoms with Gasteiger partial charge in [-0.25, -0.2) is 0 Å². The third-order valence-corrected chi connectivity index (χ3v) is 3.75. The molecule has 0 spiro atoms. The molecule has 0 bridgehead atoms. The number of ketones is 1. The minimum Gasteiger partial charge on any atom is -0.484 e. The third-order valence-electron chi connectivity index (χ3n) is 2.40. The first-order valence-electron chi connectivity index (χ1n) is 5.43. The van der Waals surface area contributed by atoms with Crippen LogP contribution < -0.4 is 4.74 Å². The van der Waals surface area contributed by atoms with Crippen LogP contribution in [-0.4, -0.2) is 12.4 Å². The van der Waals surface area contributed by atoms with Gasteiger partial charge in [-0.15, -0.1) is 0 Å². The fourth-order valence-electron chi connectivity index (χ4n) is 1.48. The van der Waals surface area contributed by atoms with Gasteiger partial charge in [0.15, 0.2) is 12.4 Å². The number of carbonyl (C=O) groups is 1. The summed E-state index contributed by atoms with van der Waals surface area (Å²) in [7, 11) is 0. The van der Waals surface area contributed by atoms with Crippen LogP contribution in [0.1, 0.15) is 10.4 Å². The first-order chi connectivity index (χ1) is 9.06. The van der Waals surface area contributed by atoms with E-state index in [0.717, 1.165) is 8.95 Å². The molecule has 0 aliphatic rings. The summed E-state index contributed by atoms with van der Waals surface area (Å²) in [6.07, 6.45) is 0. The number of hydrogen-bond donors (Lipinski definition) is 0. The molecule has 2 rings (SSSR count). The van der Waals surface area contributed by atoms with Crippen molar-refractivity contribution in [2.75, 3.05) is 6.61 Å². The van der Waals surface area contributed by atoms with Crippen LogP contribution in [0.25, 0.3) is 0 Å². The molecule has 0 N–H and O–H groups in total. The summed E-state index contributed by atoms with van der Waals surface area (Å²) in [5, 5.41) is 0.538. The smallest absolute Gasteiger partial charge is 0.200 e. The lowest BCUT2D eigenvalue weighted by molar-refractivity contribution is 0.0921. The van der Waals surface area contributed by atoms with Crippen LogP contribution in [0.2, 0.25) is 5.02 Å². The SMILES string of the molecule is O=C(COc1ccc(Br)cc1Br)c1cccc(Cl)c1. The van der Waals surface area contributed by atoms with Gasteiger partial charge in [0.1, 0.15) is 5.75 Å². The van der Waals surface area contributed by atoms with Gasteiger partial charge >= 0.3 is 0 Å². The van der Waals surface area contributed by atoms with Crippen LogP contribution in [0, 0.1) is 0 Å². The molecule has 19 heavy (non-hydrogen) atoms. The molecule has 0 atom stereocenters. The van der Waals surface area contributed by atoms with Crippen molar-refractivity contribution in [2.24, 2.45) is 0 Å². The summed E-state index contributed by atoms with van der Waals surface area (Å²) in [5.74, 6) is 0.510. The van der Waals surface area contributed by atoms with Crippen LogP contribution in [0.15, 0.2) is 51.4 Å². The highest BCUT2D eigenvalue weighted by Gasteiger charge is 2.09. The lowest BCUT2D eigenvalue weighted by Gasteiger charge is -2.08. The summed E-state index contributed by atoms with van der Waals surface area (Å²) in [5.41, 5.74) is 0.542. The first-order valence-corrected chi connectivity index (χ1v) is 7.39. The lowest BCUT2D eigenvalue weighted by Crippen LogP contribution is -2.11. The van der Waals surface area contributed by atoms with Crippen LogP contribution in [0.3, 0.4) is 0 Å². The standard InChI is InChI=1S/C14H9Br2ClO2/c15-10-4-5-14(12(16)7-10)19-8-13(18)9-2-1-3-11(17)6-9/h1-7H,8H2. The number of ether oxygens (including phenoxy) is 1. The Bertz CT molecular complexity index is 614. The van der Waals surface area contributed by atoms with E-state index in [-0.39, 0.29) is 12.4 Å². The van der Waals surface area contributed by atoms with E-state index in [1.165, 1.54) is 0 Å². The molecule has 0 amide bonds. The molecule has 0 aromatic heterocycles. The molecule has 98 valence electrons. The number of halogens is 3. The topological polar surface area (TPSA) is 26.3 Å². The predicted octanol–water partition coefficient (Wildman–Crippen LogP) is 5.13. The zero-order valence-electron chi connectivity index (χ0n) is 9.70.